The first kappa shape index (κ1) is 12.7. The van der Waals surface area contributed by atoms with Gasteiger partial charge in [-0.2, -0.15) is 0 Å². The Labute approximate surface area is 126 Å². The van der Waals surface area contributed by atoms with Crippen LogP contribution in [-0.4, -0.2) is 4.57 Å². The molecule has 0 fully saturated rings. The molecule has 1 aromatic heterocycles. The van der Waals surface area contributed by atoms with E-state index in [0.29, 0.717) is 23.3 Å². The number of oxazole rings is 1. The molecule has 0 aliphatic carbocycles. The molecule has 2 N–H and O–H groups in total. The first-order chi connectivity index (χ1) is 10.7. The minimum atomic E-state index is -0.388. The van der Waals surface area contributed by atoms with Gasteiger partial charge in [-0.05, 0) is 28.5 Å². The smallest absolute Gasteiger partial charge is 0.408 e. The van der Waals surface area contributed by atoms with Gasteiger partial charge in [-0.1, -0.05) is 48.5 Å². The largest absolute Gasteiger partial charge is 0.420 e. The predicted molar refractivity (Wildman–Crippen MR) is 87.9 cm³/mol. The highest BCUT2D eigenvalue weighted by Gasteiger charge is 2.13. The van der Waals surface area contributed by atoms with Crippen LogP contribution in [0, 0.1) is 0 Å². The zero-order valence-electron chi connectivity index (χ0n) is 11.8. The second kappa shape index (κ2) is 4.77. The van der Waals surface area contributed by atoms with Crippen molar-refractivity contribution in [1.82, 2.24) is 4.57 Å². The quantitative estimate of drug-likeness (QED) is 0.576. The van der Waals surface area contributed by atoms with Gasteiger partial charge in [-0.15, -0.1) is 0 Å². The van der Waals surface area contributed by atoms with Gasteiger partial charge in [-0.3, -0.25) is 4.57 Å². The number of benzene rings is 3. The van der Waals surface area contributed by atoms with Crippen molar-refractivity contribution in [3.05, 3.63) is 76.8 Å². The van der Waals surface area contributed by atoms with Crippen LogP contribution in [0.25, 0.3) is 21.9 Å². The Hall–Kier alpha value is -3.01. The van der Waals surface area contributed by atoms with E-state index >= 15 is 0 Å². The average molecular weight is 290 g/mol. The minimum absolute atomic E-state index is 0.388. The fourth-order valence-electron chi connectivity index (χ4n) is 2.90. The lowest BCUT2D eigenvalue weighted by Crippen LogP contribution is -2.15. The molecule has 3 aromatic carbocycles. The molecule has 22 heavy (non-hydrogen) atoms. The lowest BCUT2D eigenvalue weighted by molar-refractivity contribution is 0.518. The van der Waals surface area contributed by atoms with E-state index in [-0.39, 0.29) is 5.76 Å². The number of aromatic nitrogens is 1. The zero-order chi connectivity index (χ0) is 15.1. The molecule has 4 nitrogen and oxygen atoms in total. The van der Waals surface area contributed by atoms with Crippen LogP contribution in [0.2, 0.25) is 0 Å². The summed E-state index contributed by atoms with van der Waals surface area (Å²) in [6.07, 6.45) is 0. The normalized spacial score (nSPS) is 11.3. The second-order valence-corrected chi connectivity index (χ2v) is 5.29. The summed E-state index contributed by atoms with van der Waals surface area (Å²) in [5.41, 5.74) is 8.80. The van der Waals surface area contributed by atoms with E-state index in [9.17, 15) is 4.79 Å². The Kier molecular flexibility index (Phi) is 2.76. The van der Waals surface area contributed by atoms with Crippen molar-refractivity contribution in [2.45, 2.75) is 6.54 Å². The number of para-hydroxylation sites is 1. The van der Waals surface area contributed by atoms with Crippen molar-refractivity contribution >= 4 is 27.6 Å². The van der Waals surface area contributed by atoms with Crippen LogP contribution in [-0.2, 0) is 6.54 Å². The highest BCUT2D eigenvalue weighted by Crippen LogP contribution is 2.23. The van der Waals surface area contributed by atoms with Crippen LogP contribution in [0.15, 0.2) is 69.9 Å². The third-order valence-corrected chi connectivity index (χ3v) is 3.93. The van der Waals surface area contributed by atoms with Crippen molar-refractivity contribution in [2.75, 3.05) is 5.73 Å². The summed E-state index contributed by atoms with van der Waals surface area (Å²) in [5, 5.41) is 2.27. The molecule has 0 saturated heterocycles. The van der Waals surface area contributed by atoms with Crippen molar-refractivity contribution in [3.8, 4) is 0 Å². The maximum absolute atomic E-state index is 12.2. The maximum Gasteiger partial charge on any atom is 0.420 e. The summed E-state index contributed by atoms with van der Waals surface area (Å²) in [5.74, 6) is -0.388. The fourth-order valence-corrected chi connectivity index (χ4v) is 2.90. The van der Waals surface area contributed by atoms with E-state index in [0.717, 1.165) is 16.3 Å². The topological polar surface area (TPSA) is 61.2 Å². The Bertz CT molecular complexity index is 1040. The fraction of sp³-hybridized carbons (Fsp3) is 0.0556. The van der Waals surface area contributed by atoms with Gasteiger partial charge >= 0.3 is 5.76 Å². The van der Waals surface area contributed by atoms with Gasteiger partial charge in [0.05, 0.1) is 12.2 Å². The molecule has 0 amide bonds. The number of anilines is 1. The van der Waals surface area contributed by atoms with E-state index in [1.165, 1.54) is 0 Å². The lowest BCUT2D eigenvalue weighted by Gasteiger charge is -2.08. The Morgan fingerprint density at radius 1 is 0.955 bits per heavy atom. The van der Waals surface area contributed by atoms with Crippen molar-refractivity contribution in [2.24, 2.45) is 0 Å². The summed E-state index contributed by atoms with van der Waals surface area (Å²) in [6, 6.07) is 19.5. The van der Waals surface area contributed by atoms with E-state index in [1.807, 2.05) is 24.3 Å². The second-order valence-electron chi connectivity index (χ2n) is 5.29. The molecule has 4 heteroatoms. The molecule has 0 unspecified atom stereocenters. The average Bonchev–Trinajstić information content (AvgIpc) is 2.85. The SMILES string of the molecule is Nc1cccc2oc(=O)n(Cc3cccc4ccccc34)c12. The van der Waals surface area contributed by atoms with Gasteiger partial charge in [0.2, 0.25) is 0 Å². The Morgan fingerprint density at radius 2 is 1.73 bits per heavy atom. The van der Waals surface area contributed by atoms with E-state index in [4.69, 9.17) is 10.2 Å². The van der Waals surface area contributed by atoms with E-state index in [2.05, 4.69) is 18.2 Å². The molecule has 4 rings (SSSR count). The van der Waals surface area contributed by atoms with Crippen molar-refractivity contribution < 1.29 is 4.42 Å². The molecule has 4 aromatic rings. The molecule has 0 atom stereocenters. The molecule has 0 bridgehead atoms. The van der Waals surface area contributed by atoms with Crippen LogP contribution in [0.1, 0.15) is 5.56 Å². The number of nitrogens with two attached hydrogens (primary N) is 1. The number of nitrogen functional groups attached to an aromatic ring is 1. The first-order valence-electron chi connectivity index (χ1n) is 7.08. The van der Waals surface area contributed by atoms with Crippen molar-refractivity contribution in [3.63, 3.8) is 0 Å². The van der Waals surface area contributed by atoms with E-state index in [1.54, 1.807) is 22.8 Å². The molecule has 0 aliphatic rings. The molecular formula is C18H14N2O2. The van der Waals surface area contributed by atoms with Gasteiger partial charge in [0.1, 0.15) is 5.52 Å². The number of rotatable bonds is 2. The van der Waals surface area contributed by atoms with Gasteiger partial charge in [0.25, 0.3) is 0 Å². The third-order valence-electron chi connectivity index (χ3n) is 3.93. The zero-order valence-corrected chi connectivity index (χ0v) is 11.8. The number of nitrogens with zero attached hydrogens (tertiary/aromatic N) is 1. The summed E-state index contributed by atoms with van der Waals surface area (Å²) >= 11 is 0. The van der Waals surface area contributed by atoms with Gasteiger partial charge in [0.15, 0.2) is 5.58 Å². The van der Waals surface area contributed by atoms with Gasteiger partial charge in [0, 0.05) is 0 Å². The van der Waals surface area contributed by atoms with Gasteiger partial charge < -0.3 is 10.2 Å². The third kappa shape index (κ3) is 1.89. The minimum Gasteiger partial charge on any atom is -0.408 e. The molecule has 1 heterocycles. The van der Waals surface area contributed by atoms with E-state index < -0.39 is 0 Å². The number of hydrogen-bond acceptors (Lipinski definition) is 3. The summed E-state index contributed by atoms with van der Waals surface area (Å²) in [4.78, 5) is 12.2. The molecule has 108 valence electrons. The lowest BCUT2D eigenvalue weighted by atomic mass is 10.0. The Balaban J connectivity index is 1.94. The maximum atomic E-state index is 12.2. The van der Waals surface area contributed by atoms with Crippen LogP contribution in [0.5, 0.6) is 0 Å². The first-order valence-corrected chi connectivity index (χ1v) is 7.08. The molecular weight excluding hydrogens is 276 g/mol. The monoisotopic (exact) mass is 290 g/mol. The predicted octanol–water partition coefficient (Wildman–Crippen LogP) is 3.38. The van der Waals surface area contributed by atoms with Crippen LogP contribution < -0.4 is 11.5 Å². The summed E-state index contributed by atoms with van der Waals surface area (Å²) < 4.78 is 6.88. The van der Waals surface area contributed by atoms with Crippen molar-refractivity contribution in [1.29, 1.82) is 0 Å². The van der Waals surface area contributed by atoms with Gasteiger partial charge in [-0.25, -0.2) is 4.79 Å². The molecule has 0 spiro atoms. The highest BCUT2D eigenvalue weighted by atomic mass is 16.4. The standard InChI is InChI=1S/C18H14N2O2/c19-15-9-4-10-16-17(15)20(18(21)22-16)11-13-7-3-6-12-5-1-2-8-14(12)13/h1-10H,11,19H2. The number of hydrogen-bond donors (Lipinski definition) is 1. The summed E-state index contributed by atoms with van der Waals surface area (Å²) in [7, 11) is 0. The summed E-state index contributed by atoms with van der Waals surface area (Å²) in [6.45, 7) is 0.432. The Morgan fingerprint density at radius 3 is 2.64 bits per heavy atom. The van der Waals surface area contributed by atoms with Crippen LogP contribution in [0.4, 0.5) is 5.69 Å². The molecule has 0 aliphatic heterocycles. The molecule has 0 saturated carbocycles. The molecule has 0 radical (unpaired) electrons. The van der Waals surface area contributed by atoms with Crippen LogP contribution in [0.3, 0.4) is 0 Å². The van der Waals surface area contributed by atoms with Crippen LogP contribution >= 0.6 is 0 Å². The highest BCUT2D eigenvalue weighted by molar-refractivity contribution is 5.87. The number of fused-ring (bicyclic) bond motifs is 2.